The van der Waals surface area contributed by atoms with Gasteiger partial charge in [0.15, 0.2) is 0 Å². The molecule has 0 saturated carbocycles. The molecule has 1 aromatic heterocycles. The van der Waals surface area contributed by atoms with Crippen LogP contribution in [0.2, 0.25) is 0 Å². The average Bonchev–Trinajstić information content (AvgIpc) is 2.53. The molecule has 0 unspecified atom stereocenters. The molecule has 0 saturated heterocycles. The van der Waals surface area contributed by atoms with Gasteiger partial charge in [-0.2, -0.15) is 0 Å². The molecule has 0 fully saturated rings. The summed E-state index contributed by atoms with van der Waals surface area (Å²) in [5, 5.41) is 0. The molecule has 1 aliphatic rings. The fourth-order valence-corrected chi connectivity index (χ4v) is 2.75. The molecule has 1 aliphatic heterocycles. The van der Waals surface area contributed by atoms with Crippen LogP contribution in [0.3, 0.4) is 0 Å². The molecule has 108 valence electrons. The van der Waals surface area contributed by atoms with E-state index in [0.717, 1.165) is 15.8 Å². The van der Waals surface area contributed by atoms with E-state index >= 15 is 0 Å². The molecule has 3 rings (SSSR count). The van der Waals surface area contributed by atoms with Crippen molar-refractivity contribution < 1.29 is 9.53 Å². The highest BCUT2D eigenvalue weighted by Gasteiger charge is 2.30. The zero-order valence-corrected chi connectivity index (χ0v) is 13.2. The van der Waals surface area contributed by atoms with Crippen molar-refractivity contribution in [3.8, 4) is 5.75 Å². The number of para-hydroxylation sites is 1. The van der Waals surface area contributed by atoms with Crippen LogP contribution in [0, 0.1) is 0 Å². The lowest BCUT2D eigenvalue weighted by atomic mass is 9.92. The number of hydrogen-bond donors (Lipinski definition) is 0. The first kappa shape index (κ1) is 14.1. The number of amides is 1. The number of likely N-dealkylation sites (N-methyl/N-ethyl adjacent to an activating group) is 1. The van der Waals surface area contributed by atoms with Crippen LogP contribution in [0.25, 0.3) is 0 Å². The fraction of sp³-hybridized carbons (Fsp3) is 0.250. The molecule has 4 nitrogen and oxygen atoms in total. The van der Waals surface area contributed by atoms with Gasteiger partial charge in [-0.15, -0.1) is 0 Å². The Morgan fingerprint density at radius 1 is 1.33 bits per heavy atom. The zero-order chi connectivity index (χ0) is 14.8. The van der Waals surface area contributed by atoms with Crippen LogP contribution >= 0.6 is 15.9 Å². The molecule has 1 aromatic carbocycles. The summed E-state index contributed by atoms with van der Waals surface area (Å²) in [6.07, 6.45) is 2.38. The van der Waals surface area contributed by atoms with Crippen molar-refractivity contribution in [3.05, 3.63) is 52.6 Å². The van der Waals surface area contributed by atoms with Crippen LogP contribution in [0.1, 0.15) is 17.9 Å². The number of aromatic nitrogens is 1. The van der Waals surface area contributed by atoms with E-state index in [9.17, 15) is 4.79 Å². The van der Waals surface area contributed by atoms with Gasteiger partial charge in [0.05, 0.1) is 12.5 Å². The summed E-state index contributed by atoms with van der Waals surface area (Å²) >= 11 is 3.35. The second-order valence-electron chi connectivity index (χ2n) is 4.96. The van der Waals surface area contributed by atoms with Crippen LogP contribution < -0.4 is 9.64 Å². The largest absolute Gasteiger partial charge is 0.493 e. The highest BCUT2D eigenvalue weighted by Crippen LogP contribution is 2.35. The van der Waals surface area contributed by atoms with E-state index in [1.165, 1.54) is 0 Å². The van der Waals surface area contributed by atoms with Crippen molar-refractivity contribution in [1.82, 2.24) is 4.98 Å². The number of pyridine rings is 1. The fourth-order valence-electron chi connectivity index (χ4n) is 2.51. The van der Waals surface area contributed by atoms with Gasteiger partial charge >= 0.3 is 0 Å². The van der Waals surface area contributed by atoms with Gasteiger partial charge in [0, 0.05) is 23.3 Å². The van der Waals surface area contributed by atoms with Gasteiger partial charge in [-0.05, 0) is 40.5 Å². The summed E-state index contributed by atoms with van der Waals surface area (Å²) in [5.41, 5.74) is 0.956. The van der Waals surface area contributed by atoms with Gasteiger partial charge in [-0.1, -0.05) is 18.2 Å². The van der Waals surface area contributed by atoms with Crippen LogP contribution in [0.4, 0.5) is 5.82 Å². The number of nitrogens with zero attached hydrogens (tertiary/aromatic N) is 2. The average molecular weight is 347 g/mol. The molecule has 0 radical (unpaired) electrons. The summed E-state index contributed by atoms with van der Waals surface area (Å²) in [4.78, 5) is 18.7. The molecule has 1 atom stereocenters. The Morgan fingerprint density at radius 3 is 2.90 bits per heavy atom. The number of rotatable bonds is 2. The number of fused-ring (bicyclic) bond motifs is 1. The zero-order valence-electron chi connectivity index (χ0n) is 11.6. The number of carbonyl (C=O) groups is 1. The number of carbonyl (C=O) groups excluding carboxylic acids is 1. The smallest absolute Gasteiger partial charge is 0.235 e. The molecular weight excluding hydrogens is 332 g/mol. The van der Waals surface area contributed by atoms with Crippen molar-refractivity contribution >= 4 is 27.7 Å². The third kappa shape index (κ3) is 2.78. The lowest BCUT2D eigenvalue weighted by Gasteiger charge is -2.28. The van der Waals surface area contributed by atoms with Gasteiger partial charge in [-0.3, -0.25) is 9.69 Å². The minimum atomic E-state index is -0.176. The predicted octanol–water partition coefficient (Wildman–Crippen LogP) is 3.37. The second kappa shape index (κ2) is 5.85. The lowest BCUT2D eigenvalue weighted by Crippen LogP contribution is -2.34. The van der Waals surface area contributed by atoms with E-state index in [1.807, 2.05) is 36.4 Å². The predicted molar refractivity (Wildman–Crippen MR) is 84.6 cm³/mol. The number of benzene rings is 1. The monoisotopic (exact) mass is 346 g/mol. The molecule has 2 aromatic rings. The summed E-state index contributed by atoms with van der Waals surface area (Å²) in [6.45, 7) is 0.565. The minimum Gasteiger partial charge on any atom is -0.493 e. The number of ether oxygens (including phenoxy) is 1. The normalized spacial score (nSPS) is 16.8. The summed E-state index contributed by atoms with van der Waals surface area (Å²) in [5.74, 6) is 1.32. The standard InChI is InChI=1S/C16H15BrN2O2/c1-19(15-7-6-11(17)10-18-15)16(20)13-8-9-21-14-5-3-2-4-12(13)14/h2-7,10,13H,8-9H2,1H3/t13-/m1/s1. The minimum absolute atomic E-state index is 0.0422. The second-order valence-corrected chi connectivity index (χ2v) is 5.88. The van der Waals surface area contributed by atoms with Crippen molar-refractivity contribution in [2.45, 2.75) is 12.3 Å². The maximum Gasteiger partial charge on any atom is 0.235 e. The summed E-state index contributed by atoms with van der Waals surface area (Å²) in [7, 11) is 1.76. The molecule has 0 bridgehead atoms. The Morgan fingerprint density at radius 2 is 2.14 bits per heavy atom. The van der Waals surface area contributed by atoms with E-state index in [1.54, 1.807) is 18.1 Å². The Labute approximate surface area is 131 Å². The Balaban J connectivity index is 1.87. The quantitative estimate of drug-likeness (QED) is 0.837. The van der Waals surface area contributed by atoms with Crippen molar-refractivity contribution in [1.29, 1.82) is 0 Å². The molecule has 0 aliphatic carbocycles. The maximum absolute atomic E-state index is 12.8. The molecule has 21 heavy (non-hydrogen) atoms. The Bertz CT molecular complexity index is 658. The highest BCUT2D eigenvalue weighted by atomic mass is 79.9. The van der Waals surface area contributed by atoms with Crippen LogP contribution in [-0.2, 0) is 4.79 Å². The lowest BCUT2D eigenvalue weighted by molar-refractivity contribution is -0.120. The molecule has 5 heteroatoms. The third-order valence-electron chi connectivity index (χ3n) is 3.64. The van der Waals surface area contributed by atoms with Gasteiger partial charge in [0.1, 0.15) is 11.6 Å². The summed E-state index contributed by atoms with van der Waals surface area (Å²) < 4.78 is 6.50. The third-order valence-corrected chi connectivity index (χ3v) is 4.11. The van der Waals surface area contributed by atoms with Gasteiger partial charge in [0.2, 0.25) is 5.91 Å². The number of halogens is 1. The Kier molecular flexibility index (Phi) is 3.92. The van der Waals surface area contributed by atoms with Crippen molar-refractivity contribution in [2.24, 2.45) is 0 Å². The molecule has 0 N–H and O–H groups in total. The van der Waals surface area contributed by atoms with Crippen LogP contribution in [0.15, 0.2) is 47.1 Å². The molecule has 2 heterocycles. The summed E-state index contributed by atoms with van der Waals surface area (Å²) in [6, 6.07) is 11.4. The van der Waals surface area contributed by atoms with Gasteiger partial charge in [-0.25, -0.2) is 4.98 Å². The first-order chi connectivity index (χ1) is 10.2. The first-order valence-electron chi connectivity index (χ1n) is 6.77. The van der Waals surface area contributed by atoms with E-state index in [2.05, 4.69) is 20.9 Å². The molecule has 1 amide bonds. The van der Waals surface area contributed by atoms with E-state index in [-0.39, 0.29) is 11.8 Å². The van der Waals surface area contributed by atoms with Gasteiger partial charge in [0.25, 0.3) is 0 Å². The molecular formula is C16H15BrN2O2. The SMILES string of the molecule is CN(C(=O)[C@@H]1CCOc2ccccc21)c1ccc(Br)cn1. The van der Waals surface area contributed by atoms with Crippen LogP contribution in [-0.4, -0.2) is 24.5 Å². The maximum atomic E-state index is 12.8. The van der Waals surface area contributed by atoms with Crippen molar-refractivity contribution in [2.75, 3.05) is 18.6 Å². The topological polar surface area (TPSA) is 42.4 Å². The number of anilines is 1. The highest BCUT2D eigenvalue weighted by molar-refractivity contribution is 9.10. The van der Waals surface area contributed by atoms with Crippen molar-refractivity contribution in [3.63, 3.8) is 0 Å². The van der Waals surface area contributed by atoms with E-state index in [0.29, 0.717) is 18.8 Å². The van der Waals surface area contributed by atoms with Crippen LogP contribution in [0.5, 0.6) is 5.75 Å². The molecule has 0 spiro atoms. The van der Waals surface area contributed by atoms with E-state index in [4.69, 9.17) is 4.74 Å². The van der Waals surface area contributed by atoms with E-state index < -0.39 is 0 Å². The van der Waals surface area contributed by atoms with Gasteiger partial charge < -0.3 is 4.74 Å². The first-order valence-corrected chi connectivity index (χ1v) is 7.57. The Hall–Kier alpha value is -1.88. The number of hydrogen-bond acceptors (Lipinski definition) is 3.